The molecular formula is C15H11N4O2S2. The zero-order chi connectivity index (χ0) is 16.2. The summed E-state index contributed by atoms with van der Waals surface area (Å²) in [6, 6.07) is 7.14. The number of rotatable bonds is 2. The predicted molar refractivity (Wildman–Crippen MR) is 86.4 cm³/mol. The summed E-state index contributed by atoms with van der Waals surface area (Å²) >= 11 is 1.46. The van der Waals surface area contributed by atoms with Crippen molar-refractivity contribution >= 4 is 37.0 Å². The molecule has 0 unspecified atom stereocenters. The van der Waals surface area contributed by atoms with Crippen molar-refractivity contribution in [1.82, 2.24) is 19.8 Å². The highest BCUT2D eigenvalue weighted by molar-refractivity contribution is 7.91. The molecule has 1 radical (unpaired) electrons. The third-order valence-corrected chi connectivity index (χ3v) is 6.24. The molecule has 0 aliphatic carbocycles. The van der Waals surface area contributed by atoms with Gasteiger partial charge < -0.3 is 0 Å². The first-order valence-corrected chi connectivity index (χ1v) is 9.17. The monoisotopic (exact) mass is 343 g/mol. The predicted octanol–water partition coefficient (Wildman–Crippen LogP) is 2.59. The van der Waals surface area contributed by atoms with E-state index in [1.54, 1.807) is 19.1 Å². The van der Waals surface area contributed by atoms with Crippen LogP contribution < -0.4 is 0 Å². The van der Waals surface area contributed by atoms with E-state index < -0.39 is 9.84 Å². The molecule has 0 bridgehead atoms. The van der Waals surface area contributed by atoms with Gasteiger partial charge >= 0.3 is 0 Å². The zero-order valence-corrected chi connectivity index (χ0v) is 13.9. The first kappa shape index (κ1) is 14.3. The van der Waals surface area contributed by atoms with Crippen molar-refractivity contribution in [2.45, 2.75) is 23.8 Å². The maximum atomic E-state index is 13.0. The number of aryl methyl sites for hydroxylation is 2. The highest BCUT2D eigenvalue weighted by Gasteiger charge is 2.27. The smallest absolute Gasteiger partial charge is 0.223 e. The van der Waals surface area contributed by atoms with E-state index in [0.29, 0.717) is 5.56 Å². The fraction of sp³-hybridized carbons (Fsp3) is 0.133. The molecule has 115 valence electrons. The van der Waals surface area contributed by atoms with Gasteiger partial charge in [0.25, 0.3) is 0 Å². The maximum absolute atomic E-state index is 13.0. The average molecular weight is 343 g/mol. The van der Waals surface area contributed by atoms with Crippen LogP contribution in [-0.4, -0.2) is 28.2 Å². The fourth-order valence-corrected chi connectivity index (χ4v) is 4.72. The lowest BCUT2D eigenvalue weighted by Crippen LogP contribution is -2.06. The highest BCUT2D eigenvalue weighted by atomic mass is 32.2. The summed E-state index contributed by atoms with van der Waals surface area (Å²) < 4.78 is 28.2. The second kappa shape index (κ2) is 4.84. The Morgan fingerprint density at radius 1 is 1.22 bits per heavy atom. The van der Waals surface area contributed by atoms with Gasteiger partial charge in [-0.1, -0.05) is 17.3 Å². The first-order valence-electron chi connectivity index (χ1n) is 6.81. The van der Waals surface area contributed by atoms with E-state index in [0.717, 1.165) is 15.8 Å². The van der Waals surface area contributed by atoms with Gasteiger partial charge in [0.05, 0.1) is 15.1 Å². The molecule has 0 aliphatic heterocycles. The summed E-state index contributed by atoms with van der Waals surface area (Å²) in [5.41, 5.74) is 2.47. The van der Waals surface area contributed by atoms with Crippen molar-refractivity contribution in [3.8, 4) is 0 Å². The van der Waals surface area contributed by atoms with Crippen LogP contribution in [0.5, 0.6) is 0 Å². The van der Waals surface area contributed by atoms with E-state index in [9.17, 15) is 8.42 Å². The molecule has 0 spiro atoms. The molecule has 4 rings (SSSR count). The molecule has 23 heavy (non-hydrogen) atoms. The van der Waals surface area contributed by atoms with E-state index in [-0.39, 0.29) is 15.6 Å². The standard InChI is InChI=1S/C15H11N4O2S2/c1-9-3-4-10(2)13(7-9)23(20,21)15-14-16-8-12-11(5-6-22-12)19(14)18-17-15/h3-7H,1-2H3. The fourth-order valence-electron chi connectivity index (χ4n) is 2.45. The Kier molecular flexibility index (Phi) is 3.00. The molecule has 0 atom stereocenters. The zero-order valence-electron chi connectivity index (χ0n) is 12.3. The van der Waals surface area contributed by atoms with Crippen molar-refractivity contribution in [3.05, 3.63) is 47.0 Å². The van der Waals surface area contributed by atoms with Gasteiger partial charge in [-0.15, -0.1) is 16.4 Å². The second-order valence-electron chi connectivity index (χ2n) is 5.26. The number of sulfone groups is 1. The van der Waals surface area contributed by atoms with E-state index in [4.69, 9.17) is 0 Å². The minimum atomic E-state index is -3.80. The van der Waals surface area contributed by atoms with Gasteiger partial charge in [-0.2, -0.15) is 4.52 Å². The third kappa shape index (κ3) is 2.06. The van der Waals surface area contributed by atoms with Crippen LogP contribution in [0.25, 0.3) is 15.9 Å². The van der Waals surface area contributed by atoms with Crippen LogP contribution in [-0.2, 0) is 9.84 Å². The molecule has 3 heterocycles. The summed E-state index contributed by atoms with van der Waals surface area (Å²) in [4.78, 5) is 4.36. The van der Waals surface area contributed by atoms with Crippen molar-refractivity contribution in [2.75, 3.05) is 0 Å². The largest absolute Gasteiger partial charge is 0.229 e. The van der Waals surface area contributed by atoms with Crippen LogP contribution in [0.15, 0.2) is 39.6 Å². The number of aromatic nitrogens is 4. The minimum absolute atomic E-state index is 0.143. The van der Waals surface area contributed by atoms with Gasteiger partial charge in [0, 0.05) is 0 Å². The Morgan fingerprint density at radius 3 is 2.87 bits per heavy atom. The first-order chi connectivity index (χ1) is 11.0. The van der Waals surface area contributed by atoms with Crippen LogP contribution in [0.2, 0.25) is 0 Å². The lowest BCUT2D eigenvalue weighted by Gasteiger charge is -2.06. The van der Waals surface area contributed by atoms with Crippen molar-refractivity contribution in [2.24, 2.45) is 0 Å². The van der Waals surface area contributed by atoms with E-state index >= 15 is 0 Å². The summed E-state index contributed by atoms with van der Waals surface area (Å²) in [6.45, 7) is 3.61. The number of fused-ring (bicyclic) bond motifs is 3. The molecule has 0 aliphatic rings. The molecule has 8 heteroatoms. The van der Waals surface area contributed by atoms with Crippen LogP contribution in [0, 0.1) is 20.0 Å². The van der Waals surface area contributed by atoms with E-state index in [1.165, 1.54) is 15.9 Å². The molecule has 1 aromatic carbocycles. The number of hydrogen-bond donors (Lipinski definition) is 0. The average Bonchev–Trinajstić information content (AvgIpc) is 3.14. The van der Waals surface area contributed by atoms with Gasteiger partial charge in [0.2, 0.25) is 14.9 Å². The molecule has 0 amide bonds. The SMILES string of the molecule is Cc1ccc(C)c(S(=O)(=O)c2nnn3c2n[c]c2sccc23)c1. The number of thiophene rings is 1. The highest BCUT2D eigenvalue weighted by Crippen LogP contribution is 2.27. The lowest BCUT2D eigenvalue weighted by atomic mass is 10.2. The van der Waals surface area contributed by atoms with Gasteiger partial charge in [-0.3, -0.25) is 0 Å². The minimum Gasteiger partial charge on any atom is -0.223 e. The number of benzene rings is 1. The second-order valence-corrected chi connectivity index (χ2v) is 8.01. The molecule has 0 N–H and O–H groups in total. The molecular weight excluding hydrogens is 332 g/mol. The Labute approximate surface area is 136 Å². The van der Waals surface area contributed by atoms with Crippen molar-refractivity contribution in [1.29, 1.82) is 0 Å². The third-order valence-electron chi connectivity index (χ3n) is 3.64. The maximum Gasteiger partial charge on any atom is 0.229 e. The van der Waals surface area contributed by atoms with Gasteiger partial charge in [0.1, 0.15) is 6.20 Å². The van der Waals surface area contributed by atoms with Gasteiger partial charge in [-0.25, -0.2) is 13.4 Å². The molecule has 6 nitrogen and oxygen atoms in total. The van der Waals surface area contributed by atoms with Crippen LogP contribution in [0.4, 0.5) is 0 Å². The topological polar surface area (TPSA) is 77.2 Å². The number of nitrogens with zero attached hydrogens (tertiary/aromatic N) is 4. The van der Waals surface area contributed by atoms with Gasteiger partial charge in [-0.05, 0) is 42.5 Å². The molecule has 0 saturated carbocycles. The molecule has 0 fully saturated rings. The van der Waals surface area contributed by atoms with Crippen LogP contribution in [0.3, 0.4) is 0 Å². The normalized spacial score (nSPS) is 12.3. The quantitative estimate of drug-likeness (QED) is 0.559. The Hall–Kier alpha value is -2.32. The van der Waals surface area contributed by atoms with Crippen LogP contribution in [0.1, 0.15) is 11.1 Å². The Balaban J connectivity index is 2.03. The molecule has 3 aromatic heterocycles. The molecule has 0 saturated heterocycles. The Bertz CT molecular complexity index is 1160. The van der Waals surface area contributed by atoms with Crippen molar-refractivity contribution in [3.63, 3.8) is 0 Å². The summed E-state index contributed by atoms with van der Waals surface area (Å²) in [6.07, 6.45) is 2.85. The van der Waals surface area contributed by atoms with Crippen molar-refractivity contribution < 1.29 is 8.42 Å². The Morgan fingerprint density at radius 2 is 2.04 bits per heavy atom. The van der Waals surface area contributed by atoms with Gasteiger partial charge in [0.15, 0.2) is 5.65 Å². The van der Waals surface area contributed by atoms with E-state index in [2.05, 4.69) is 21.5 Å². The van der Waals surface area contributed by atoms with Crippen LogP contribution >= 0.6 is 11.3 Å². The number of hydrogen-bond acceptors (Lipinski definition) is 6. The summed E-state index contributed by atoms with van der Waals surface area (Å²) in [5, 5.41) is 9.60. The lowest BCUT2D eigenvalue weighted by molar-refractivity contribution is 0.592. The van der Waals surface area contributed by atoms with E-state index in [1.807, 2.05) is 24.4 Å². The summed E-state index contributed by atoms with van der Waals surface area (Å²) in [7, 11) is -3.80. The molecule has 4 aromatic rings. The summed E-state index contributed by atoms with van der Waals surface area (Å²) in [5.74, 6) is 0.